The van der Waals surface area contributed by atoms with E-state index in [2.05, 4.69) is 40.1 Å². The largest absolute Gasteiger partial charge is 0.496 e. The molecule has 0 amide bonds. The number of esters is 1. The molecule has 7 nitrogen and oxygen atoms in total. The molecule has 0 radical (unpaired) electrons. The van der Waals surface area contributed by atoms with Gasteiger partial charge in [-0.2, -0.15) is 0 Å². The summed E-state index contributed by atoms with van der Waals surface area (Å²) in [5.41, 5.74) is 5.25. The minimum atomic E-state index is -0.307. The molecule has 5 rings (SSSR count). The second-order valence-corrected chi connectivity index (χ2v) is 9.66. The molecule has 1 fully saturated rings. The van der Waals surface area contributed by atoms with Crippen LogP contribution in [0.25, 0.3) is 22.0 Å². The first kappa shape index (κ1) is 25.7. The fourth-order valence-corrected chi connectivity index (χ4v) is 5.40. The predicted molar refractivity (Wildman–Crippen MR) is 151 cm³/mol. The van der Waals surface area contributed by atoms with Crippen molar-refractivity contribution in [2.75, 3.05) is 44.8 Å². The highest BCUT2D eigenvalue weighted by Gasteiger charge is 2.26. The average molecular weight is 511 g/mol. The second kappa shape index (κ2) is 11.2. The van der Waals surface area contributed by atoms with Crippen molar-refractivity contribution in [3.63, 3.8) is 0 Å². The van der Waals surface area contributed by atoms with Crippen LogP contribution >= 0.6 is 0 Å². The molecular weight excluding hydrogens is 476 g/mol. The van der Waals surface area contributed by atoms with E-state index in [1.54, 1.807) is 7.11 Å². The van der Waals surface area contributed by atoms with E-state index in [1.807, 2.05) is 51.1 Å². The van der Waals surface area contributed by atoms with Crippen molar-refractivity contribution in [3.8, 4) is 17.0 Å². The van der Waals surface area contributed by atoms with Gasteiger partial charge in [0.15, 0.2) is 5.82 Å². The Morgan fingerprint density at radius 3 is 2.37 bits per heavy atom. The number of carbonyl (C=O) groups excluding carboxylic acids is 1. The van der Waals surface area contributed by atoms with Crippen molar-refractivity contribution < 1.29 is 14.3 Å². The van der Waals surface area contributed by atoms with Gasteiger partial charge in [0, 0.05) is 49.1 Å². The number of fused-ring (bicyclic) bond motifs is 1. The number of aromatic nitrogens is 2. The summed E-state index contributed by atoms with van der Waals surface area (Å²) in [6.07, 6.45) is 0. The minimum absolute atomic E-state index is 0.307. The van der Waals surface area contributed by atoms with E-state index in [4.69, 9.17) is 19.7 Å². The molecule has 0 saturated carbocycles. The maximum Gasteiger partial charge on any atom is 0.338 e. The van der Waals surface area contributed by atoms with E-state index in [0.717, 1.165) is 77.4 Å². The molecule has 0 spiro atoms. The SMILES string of the molecule is CCOC(=O)c1c(C)cc2c(-c3ccccc3OC)nnc(N3CCN(Cc4ccccc4)CC3)c2c1C. The monoisotopic (exact) mass is 510 g/mol. The van der Waals surface area contributed by atoms with Crippen LogP contribution in [0.5, 0.6) is 5.75 Å². The van der Waals surface area contributed by atoms with Crippen LogP contribution in [-0.4, -0.2) is 61.0 Å². The summed E-state index contributed by atoms with van der Waals surface area (Å²) in [5.74, 6) is 1.23. The van der Waals surface area contributed by atoms with E-state index in [9.17, 15) is 4.79 Å². The van der Waals surface area contributed by atoms with E-state index < -0.39 is 0 Å². The quantitative estimate of drug-likeness (QED) is 0.308. The maximum absolute atomic E-state index is 13.0. The molecule has 0 atom stereocenters. The highest BCUT2D eigenvalue weighted by molar-refractivity contribution is 6.08. The number of aryl methyl sites for hydroxylation is 2. The Bertz CT molecular complexity index is 1450. The van der Waals surface area contributed by atoms with Gasteiger partial charge >= 0.3 is 5.97 Å². The highest BCUT2D eigenvalue weighted by Crippen LogP contribution is 2.39. The first-order valence-corrected chi connectivity index (χ1v) is 13.1. The molecule has 1 aliphatic heterocycles. The van der Waals surface area contributed by atoms with Crippen LogP contribution < -0.4 is 9.64 Å². The molecule has 1 aliphatic rings. The number of piperazine rings is 1. The van der Waals surface area contributed by atoms with Gasteiger partial charge in [-0.1, -0.05) is 42.5 Å². The van der Waals surface area contributed by atoms with Gasteiger partial charge in [-0.3, -0.25) is 4.90 Å². The lowest BCUT2D eigenvalue weighted by Crippen LogP contribution is -2.46. The topological polar surface area (TPSA) is 67.8 Å². The Morgan fingerprint density at radius 2 is 1.66 bits per heavy atom. The third-order valence-electron chi connectivity index (χ3n) is 7.26. The van der Waals surface area contributed by atoms with Gasteiger partial charge in [-0.15, -0.1) is 10.2 Å². The Morgan fingerprint density at radius 1 is 0.947 bits per heavy atom. The van der Waals surface area contributed by atoms with Crippen LogP contribution in [0.2, 0.25) is 0 Å². The molecule has 38 heavy (non-hydrogen) atoms. The number of nitrogens with zero attached hydrogens (tertiary/aromatic N) is 4. The molecule has 4 aromatic rings. The summed E-state index contributed by atoms with van der Waals surface area (Å²) in [7, 11) is 1.66. The summed E-state index contributed by atoms with van der Waals surface area (Å²) in [5, 5.41) is 11.4. The van der Waals surface area contributed by atoms with E-state index in [1.165, 1.54) is 5.56 Å². The molecule has 0 bridgehead atoms. The smallest absolute Gasteiger partial charge is 0.338 e. The molecule has 1 aromatic heterocycles. The summed E-state index contributed by atoms with van der Waals surface area (Å²) in [6, 6.07) is 20.4. The van der Waals surface area contributed by atoms with Crippen LogP contribution in [0.4, 0.5) is 5.82 Å². The number of benzene rings is 3. The van der Waals surface area contributed by atoms with Gasteiger partial charge < -0.3 is 14.4 Å². The zero-order valence-corrected chi connectivity index (χ0v) is 22.5. The fourth-order valence-electron chi connectivity index (χ4n) is 5.40. The number of hydrogen-bond acceptors (Lipinski definition) is 7. The van der Waals surface area contributed by atoms with Crippen molar-refractivity contribution in [1.29, 1.82) is 0 Å². The lowest BCUT2D eigenvalue weighted by atomic mass is 9.93. The van der Waals surface area contributed by atoms with E-state index >= 15 is 0 Å². The standard InChI is InChI=1S/C31H34N4O3/c1-5-38-31(36)27-21(2)19-25-28(22(27)3)30(33-32-29(25)24-13-9-10-14-26(24)37-4)35-17-15-34(16-18-35)20-23-11-7-6-8-12-23/h6-14,19H,5,15-18,20H2,1-4H3. The van der Waals surface area contributed by atoms with Crippen molar-refractivity contribution in [3.05, 3.63) is 82.9 Å². The molecule has 0 unspecified atom stereocenters. The van der Waals surface area contributed by atoms with Crippen molar-refractivity contribution in [1.82, 2.24) is 15.1 Å². The average Bonchev–Trinajstić information content (AvgIpc) is 2.93. The zero-order valence-electron chi connectivity index (χ0n) is 22.5. The summed E-state index contributed by atoms with van der Waals surface area (Å²) < 4.78 is 11.1. The number of para-hydroxylation sites is 1. The van der Waals surface area contributed by atoms with Crippen LogP contribution in [0.15, 0.2) is 60.7 Å². The van der Waals surface area contributed by atoms with Crippen molar-refractivity contribution >= 4 is 22.6 Å². The first-order chi connectivity index (χ1) is 18.5. The second-order valence-electron chi connectivity index (χ2n) is 9.66. The van der Waals surface area contributed by atoms with Gasteiger partial charge in [0.1, 0.15) is 11.4 Å². The third kappa shape index (κ3) is 4.94. The molecule has 3 aromatic carbocycles. The number of methoxy groups -OCH3 is 1. The van der Waals surface area contributed by atoms with Gasteiger partial charge in [-0.25, -0.2) is 4.79 Å². The van der Waals surface area contributed by atoms with Gasteiger partial charge in [0.2, 0.25) is 0 Å². The number of rotatable bonds is 7. The molecule has 1 saturated heterocycles. The number of ether oxygens (including phenoxy) is 2. The van der Waals surface area contributed by atoms with Crippen molar-refractivity contribution in [2.45, 2.75) is 27.3 Å². The minimum Gasteiger partial charge on any atom is -0.496 e. The first-order valence-electron chi connectivity index (χ1n) is 13.1. The Balaban J connectivity index is 1.58. The Kier molecular flexibility index (Phi) is 7.56. The Hall–Kier alpha value is -3.97. The van der Waals surface area contributed by atoms with Crippen LogP contribution in [0.3, 0.4) is 0 Å². The van der Waals surface area contributed by atoms with Gasteiger partial charge in [0.05, 0.1) is 19.3 Å². The zero-order chi connectivity index (χ0) is 26.6. The summed E-state index contributed by atoms with van der Waals surface area (Å²) >= 11 is 0. The number of carbonyl (C=O) groups is 1. The van der Waals surface area contributed by atoms with E-state index in [-0.39, 0.29) is 5.97 Å². The molecule has 7 heteroatoms. The lowest BCUT2D eigenvalue weighted by molar-refractivity contribution is 0.0525. The molecule has 0 N–H and O–H groups in total. The third-order valence-corrected chi connectivity index (χ3v) is 7.26. The molecule has 2 heterocycles. The van der Waals surface area contributed by atoms with Gasteiger partial charge in [-0.05, 0) is 55.7 Å². The lowest BCUT2D eigenvalue weighted by Gasteiger charge is -2.36. The Labute approximate surface area is 224 Å². The molecular formula is C31H34N4O3. The highest BCUT2D eigenvalue weighted by atomic mass is 16.5. The number of anilines is 1. The van der Waals surface area contributed by atoms with Crippen LogP contribution in [-0.2, 0) is 11.3 Å². The number of hydrogen-bond donors (Lipinski definition) is 0. The predicted octanol–water partition coefficient (Wildman–Crippen LogP) is 5.42. The normalized spacial score (nSPS) is 14.1. The van der Waals surface area contributed by atoms with Gasteiger partial charge in [0.25, 0.3) is 0 Å². The van der Waals surface area contributed by atoms with Crippen LogP contribution in [0.1, 0.15) is 34.0 Å². The fraction of sp³-hybridized carbons (Fsp3) is 0.323. The summed E-state index contributed by atoms with van der Waals surface area (Å²) in [4.78, 5) is 17.7. The van der Waals surface area contributed by atoms with Crippen molar-refractivity contribution in [2.24, 2.45) is 0 Å². The summed E-state index contributed by atoms with van der Waals surface area (Å²) in [6.45, 7) is 10.5. The maximum atomic E-state index is 13.0. The van der Waals surface area contributed by atoms with Crippen LogP contribution in [0, 0.1) is 13.8 Å². The molecule has 196 valence electrons. The van der Waals surface area contributed by atoms with E-state index in [0.29, 0.717) is 12.2 Å². The molecule has 0 aliphatic carbocycles.